The van der Waals surface area contributed by atoms with Crippen molar-refractivity contribution >= 4 is 17.2 Å². The number of hydrogen-bond donors (Lipinski definition) is 0. The summed E-state index contributed by atoms with van der Waals surface area (Å²) in [5, 5.41) is 2.47. The molecule has 1 amide bonds. The minimum absolute atomic E-state index is 0.0582. The molecule has 22 heavy (non-hydrogen) atoms. The van der Waals surface area contributed by atoms with Crippen molar-refractivity contribution in [1.82, 2.24) is 9.88 Å². The number of carbonyl (C=O) groups excluding carboxylic acids is 1. The van der Waals surface area contributed by atoms with Crippen LogP contribution in [0.4, 0.5) is 0 Å². The van der Waals surface area contributed by atoms with Gasteiger partial charge in [0.1, 0.15) is 11.5 Å². The van der Waals surface area contributed by atoms with Crippen molar-refractivity contribution in [2.24, 2.45) is 0 Å². The first kappa shape index (κ1) is 14.8. The monoisotopic (exact) mass is 318 g/mol. The normalized spacial score (nSPS) is 14.6. The molecule has 3 rings (SSSR count). The van der Waals surface area contributed by atoms with E-state index in [4.69, 9.17) is 9.47 Å². The van der Waals surface area contributed by atoms with Crippen LogP contribution in [0.15, 0.2) is 35.8 Å². The molecule has 1 aliphatic rings. The lowest BCUT2D eigenvalue weighted by atomic mass is 10.1. The molecule has 0 atom stereocenters. The highest BCUT2D eigenvalue weighted by atomic mass is 32.1. The minimum atomic E-state index is 0.0582. The molecule has 1 aliphatic heterocycles. The Morgan fingerprint density at radius 2 is 1.86 bits per heavy atom. The molecule has 1 fully saturated rings. The minimum Gasteiger partial charge on any atom is -0.484 e. The Kier molecular flexibility index (Phi) is 4.90. The van der Waals surface area contributed by atoms with Gasteiger partial charge in [-0.3, -0.25) is 4.79 Å². The molecule has 5 nitrogen and oxygen atoms in total. The molecular formula is C16H18N2O3S. The van der Waals surface area contributed by atoms with Gasteiger partial charge in [-0.1, -0.05) is 11.3 Å². The van der Waals surface area contributed by atoms with Gasteiger partial charge in [0, 0.05) is 24.7 Å². The van der Waals surface area contributed by atoms with Crippen LogP contribution >= 0.6 is 11.3 Å². The summed E-state index contributed by atoms with van der Waals surface area (Å²) in [4.78, 5) is 18.0. The summed E-state index contributed by atoms with van der Waals surface area (Å²) in [5.41, 5.74) is 0. The summed E-state index contributed by atoms with van der Waals surface area (Å²) >= 11 is 1.44. The number of ether oxygens (including phenoxy) is 2. The van der Waals surface area contributed by atoms with Crippen LogP contribution in [0.25, 0.3) is 0 Å². The van der Waals surface area contributed by atoms with E-state index in [0.29, 0.717) is 16.7 Å². The largest absolute Gasteiger partial charge is 0.484 e. The summed E-state index contributed by atoms with van der Waals surface area (Å²) in [6.07, 6.45) is 5.10. The van der Waals surface area contributed by atoms with Crippen LogP contribution in [-0.4, -0.2) is 35.5 Å². The van der Waals surface area contributed by atoms with E-state index in [9.17, 15) is 4.79 Å². The van der Waals surface area contributed by atoms with Gasteiger partial charge in [-0.15, -0.1) is 0 Å². The third-order valence-corrected chi connectivity index (χ3v) is 4.16. The van der Waals surface area contributed by atoms with E-state index in [0.717, 1.165) is 25.9 Å². The number of rotatable bonds is 5. The van der Waals surface area contributed by atoms with Crippen molar-refractivity contribution in [3.05, 3.63) is 35.8 Å². The van der Waals surface area contributed by atoms with Crippen LogP contribution in [0, 0.1) is 0 Å². The first-order chi connectivity index (χ1) is 10.8. The Labute approximate surface area is 133 Å². The number of carbonyl (C=O) groups is 1. The van der Waals surface area contributed by atoms with Gasteiger partial charge in [-0.25, -0.2) is 4.98 Å². The first-order valence-corrected chi connectivity index (χ1v) is 8.27. The lowest BCUT2D eigenvalue weighted by Gasteiger charge is -2.26. The summed E-state index contributed by atoms with van der Waals surface area (Å²) in [6.45, 7) is 1.79. The maximum absolute atomic E-state index is 12.0. The average Bonchev–Trinajstić information content (AvgIpc) is 3.08. The second-order valence-electron chi connectivity index (χ2n) is 5.10. The van der Waals surface area contributed by atoms with Gasteiger partial charge < -0.3 is 14.4 Å². The summed E-state index contributed by atoms with van der Waals surface area (Å²) < 4.78 is 11.1. The van der Waals surface area contributed by atoms with E-state index in [2.05, 4.69) is 4.98 Å². The zero-order valence-electron chi connectivity index (χ0n) is 12.2. The maximum Gasteiger partial charge on any atom is 0.278 e. The molecule has 1 aromatic carbocycles. The number of aromatic nitrogens is 1. The molecule has 1 aromatic heterocycles. The molecule has 0 unspecified atom stereocenters. The lowest BCUT2D eigenvalue weighted by molar-refractivity contribution is -0.134. The Morgan fingerprint density at radius 1 is 1.14 bits per heavy atom. The second kappa shape index (κ2) is 7.26. The fourth-order valence-corrected chi connectivity index (χ4v) is 2.85. The highest BCUT2D eigenvalue weighted by Crippen LogP contribution is 2.25. The van der Waals surface area contributed by atoms with Crippen LogP contribution in [0.2, 0.25) is 0 Å². The highest BCUT2D eigenvalue weighted by molar-refractivity contribution is 7.11. The van der Waals surface area contributed by atoms with E-state index in [1.807, 2.05) is 22.4 Å². The van der Waals surface area contributed by atoms with Gasteiger partial charge in [-0.2, -0.15) is 0 Å². The predicted molar refractivity (Wildman–Crippen MR) is 84.6 cm³/mol. The molecule has 2 heterocycles. The SMILES string of the molecule is O=C(COc1ccc(Oc2nccs2)cc1)N1CCCCC1. The molecule has 0 aliphatic carbocycles. The molecular weight excluding hydrogens is 300 g/mol. The van der Waals surface area contributed by atoms with E-state index in [1.165, 1.54) is 17.8 Å². The quantitative estimate of drug-likeness (QED) is 0.848. The van der Waals surface area contributed by atoms with Gasteiger partial charge in [0.05, 0.1) is 0 Å². The van der Waals surface area contributed by atoms with Crippen LogP contribution in [0.1, 0.15) is 19.3 Å². The van der Waals surface area contributed by atoms with E-state index in [1.54, 1.807) is 18.3 Å². The lowest BCUT2D eigenvalue weighted by Crippen LogP contribution is -2.38. The Balaban J connectivity index is 1.49. The molecule has 6 heteroatoms. The molecule has 116 valence electrons. The van der Waals surface area contributed by atoms with E-state index in [-0.39, 0.29) is 12.5 Å². The molecule has 1 saturated heterocycles. The van der Waals surface area contributed by atoms with Crippen molar-refractivity contribution < 1.29 is 14.3 Å². The molecule has 0 spiro atoms. The Hall–Kier alpha value is -2.08. The topological polar surface area (TPSA) is 51.7 Å². The molecule has 0 radical (unpaired) electrons. The van der Waals surface area contributed by atoms with Crippen molar-refractivity contribution in [2.75, 3.05) is 19.7 Å². The van der Waals surface area contributed by atoms with Crippen molar-refractivity contribution in [3.8, 4) is 16.7 Å². The molecule has 0 bridgehead atoms. The van der Waals surface area contributed by atoms with Crippen molar-refractivity contribution in [1.29, 1.82) is 0 Å². The van der Waals surface area contributed by atoms with Crippen molar-refractivity contribution in [3.63, 3.8) is 0 Å². The third kappa shape index (κ3) is 3.98. The van der Waals surface area contributed by atoms with Crippen LogP contribution < -0.4 is 9.47 Å². The third-order valence-electron chi connectivity index (χ3n) is 3.51. The van der Waals surface area contributed by atoms with Crippen LogP contribution in [-0.2, 0) is 4.79 Å². The fourth-order valence-electron chi connectivity index (χ4n) is 2.35. The number of nitrogens with zero attached hydrogens (tertiary/aromatic N) is 2. The van der Waals surface area contributed by atoms with E-state index >= 15 is 0 Å². The summed E-state index contributed by atoms with van der Waals surface area (Å²) in [5.74, 6) is 1.42. The van der Waals surface area contributed by atoms with Crippen LogP contribution in [0.3, 0.4) is 0 Å². The zero-order valence-corrected chi connectivity index (χ0v) is 13.1. The Morgan fingerprint density at radius 3 is 2.55 bits per heavy atom. The van der Waals surface area contributed by atoms with E-state index < -0.39 is 0 Å². The fraction of sp³-hybridized carbons (Fsp3) is 0.375. The molecule has 0 N–H and O–H groups in total. The van der Waals surface area contributed by atoms with Crippen molar-refractivity contribution in [2.45, 2.75) is 19.3 Å². The average molecular weight is 318 g/mol. The zero-order chi connectivity index (χ0) is 15.2. The van der Waals surface area contributed by atoms with Crippen LogP contribution in [0.5, 0.6) is 16.7 Å². The molecule has 0 saturated carbocycles. The van der Waals surface area contributed by atoms with Gasteiger partial charge in [0.25, 0.3) is 11.1 Å². The number of piperidine rings is 1. The highest BCUT2D eigenvalue weighted by Gasteiger charge is 2.16. The first-order valence-electron chi connectivity index (χ1n) is 7.39. The number of amides is 1. The maximum atomic E-state index is 12.0. The number of thiazole rings is 1. The van der Waals surface area contributed by atoms with Gasteiger partial charge in [0.15, 0.2) is 6.61 Å². The number of benzene rings is 1. The number of likely N-dealkylation sites (tertiary alicyclic amines) is 1. The van der Waals surface area contributed by atoms with Gasteiger partial charge in [-0.05, 0) is 43.5 Å². The second-order valence-corrected chi connectivity index (χ2v) is 5.96. The van der Waals surface area contributed by atoms with Gasteiger partial charge >= 0.3 is 0 Å². The summed E-state index contributed by atoms with van der Waals surface area (Å²) in [6, 6.07) is 7.21. The number of hydrogen-bond acceptors (Lipinski definition) is 5. The smallest absolute Gasteiger partial charge is 0.278 e. The Bertz CT molecular complexity index is 592. The molecule has 2 aromatic rings. The summed E-state index contributed by atoms with van der Waals surface area (Å²) in [7, 11) is 0. The standard InChI is InChI=1S/C16H18N2O3S/c19-15(18-9-2-1-3-10-18)12-20-13-4-6-14(7-5-13)21-16-17-8-11-22-16/h4-8,11H,1-3,9-10,12H2. The predicted octanol–water partition coefficient (Wildman–Crippen LogP) is 3.33. The van der Waals surface area contributed by atoms with Gasteiger partial charge in [0.2, 0.25) is 0 Å².